The van der Waals surface area contributed by atoms with Gasteiger partial charge in [0, 0.05) is 0 Å². The quantitative estimate of drug-likeness (QED) is 0.0215. The first-order valence-corrected chi connectivity index (χ1v) is 38.5. The number of allylic oxidation sites excluding steroid dienone is 8. The summed E-state index contributed by atoms with van der Waals surface area (Å²) in [4.78, 5) is 13.3. The fourth-order valence-electron chi connectivity index (χ4n) is 12.4. The number of unbranched alkanes of at least 4 members (excludes halogenated alkanes) is 48. The molecule has 8 N–H and O–H groups in total. The Balaban J connectivity index is 2.18. The van der Waals surface area contributed by atoms with Crippen molar-refractivity contribution in [2.45, 2.75) is 428 Å². The van der Waals surface area contributed by atoms with Crippen molar-refractivity contribution in [2.24, 2.45) is 0 Å². The monoisotopic (exact) mass is 1260 g/mol. The van der Waals surface area contributed by atoms with Crippen molar-refractivity contribution in [3.63, 3.8) is 0 Å². The van der Waals surface area contributed by atoms with Crippen molar-refractivity contribution in [3.05, 3.63) is 48.6 Å². The number of aliphatic hydroxyl groups excluding tert-OH is 7. The third kappa shape index (κ3) is 53.1. The highest BCUT2D eigenvalue weighted by molar-refractivity contribution is 5.80. The van der Waals surface area contributed by atoms with Crippen LogP contribution < -0.4 is 5.32 Å². The van der Waals surface area contributed by atoms with Gasteiger partial charge in [-0.05, 0) is 83.5 Å². The highest BCUT2D eigenvalue weighted by atomic mass is 16.7. The highest BCUT2D eigenvalue weighted by Gasteiger charge is 2.44. The summed E-state index contributed by atoms with van der Waals surface area (Å²) >= 11 is 0. The largest absolute Gasteiger partial charge is 0.394 e. The molecule has 9 atom stereocenters. The van der Waals surface area contributed by atoms with Gasteiger partial charge in [0.2, 0.25) is 5.91 Å². The van der Waals surface area contributed by atoms with E-state index in [9.17, 15) is 40.5 Å². The van der Waals surface area contributed by atoms with Crippen LogP contribution in [-0.2, 0) is 14.3 Å². The van der Waals surface area contributed by atoms with Crippen LogP contribution in [0.4, 0.5) is 0 Å². The first kappa shape index (κ1) is 85.1. The molecular formula is C78H147NO10. The van der Waals surface area contributed by atoms with E-state index in [1.54, 1.807) is 0 Å². The molecule has 0 spiro atoms. The number of amides is 1. The lowest BCUT2D eigenvalue weighted by atomic mass is 9.98. The summed E-state index contributed by atoms with van der Waals surface area (Å²) < 4.78 is 11.2. The minimum absolute atomic E-state index is 0.247. The summed E-state index contributed by atoms with van der Waals surface area (Å²) in [6.07, 6.45) is 76.5. The van der Waals surface area contributed by atoms with Gasteiger partial charge < -0.3 is 50.5 Å². The lowest BCUT2D eigenvalue weighted by molar-refractivity contribution is -0.303. The number of rotatable bonds is 68. The minimum Gasteiger partial charge on any atom is -0.394 e. The molecule has 0 aromatic heterocycles. The lowest BCUT2D eigenvalue weighted by Crippen LogP contribution is -2.60. The molecule has 0 aromatic carbocycles. The van der Waals surface area contributed by atoms with Crippen LogP contribution in [0.2, 0.25) is 0 Å². The highest BCUT2D eigenvalue weighted by Crippen LogP contribution is 2.24. The molecule has 1 amide bonds. The molecule has 11 heteroatoms. The summed E-state index contributed by atoms with van der Waals surface area (Å²) in [5.41, 5.74) is 0. The summed E-state index contributed by atoms with van der Waals surface area (Å²) in [5.74, 6) is -0.705. The van der Waals surface area contributed by atoms with Gasteiger partial charge in [0.05, 0.1) is 25.4 Å². The van der Waals surface area contributed by atoms with Gasteiger partial charge in [-0.25, -0.2) is 0 Å². The molecular weight excluding hydrogens is 1110 g/mol. The van der Waals surface area contributed by atoms with Gasteiger partial charge in [-0.1, -0.05) is 339 Å². The van der Waals surface area contributed by atoms with Crippen LogP contribution in [0.15, 0.2) is 48.6 Å². The van der Waals surface area contributed by atoms with E-state index >= 15 is 0 Å². The topological polar surface area (TPSA) is 189 Å². The molecule has 524 valence electrons. The van der Waals surface area contributed by atoms with Gasteiger partial charge in [0.15, 0.2) is 6.29 Å². The first-order chi connectivity index (χ1) is 43.7. The third-order valence-corrected chi connectivity index (χ3v) is 18.6. The van der Waals surface area contributed by atoms with Gasteiger partial charge in [0.1, 0.15) is 36.6 Å². The van der Waals surface area contributed by atoms with Crippen molar-refractivity contribution < 1.29 is 50.0 Å². The smallest absolute Gasteiger partial charge is 0.249 e. The van der Waals surface area contributed by atoms with Gasteiger partial charge in [0.25, 0.3) is 0 Å². The Kier molecular flexibility index (Phi) is 63.2. The predicted molar refractivity (Wildman–Crippen MR) is 376 cm³/mol. The van der Waals surface area contributed by atoms with Crippen molar-refractivity contribution in [1.82, 2.24) is 5.32 Å². The zero-order valence-electron chi connectivity index (χ0n) is 58.2. The minimum atomic E-state index is -1.67. The summed E-state index contributed by atoms with van der Waals surface area (Å²) in [6.45, 7) is 3.50. The third-order valence-electron chi connectivity index (χ3n) is 18.6. The number of aliphatic hydroxyl groups is 7. The molecule has 1 saturated heterocycles. The van der Waals surface area contributed by atoms with E-state index in [1.165, 1.54) is 283 Å². The van der Waals surface area contributed by atoms with E-state index in [4.69, 9.17) is 9.47 Å². The molecule has 89 heavy (non-hydrogen) atoms. The molecule has 0 aliphatic carbocycles. The second kappa shape index (κ2) is 66.1. The first-order valence-electron chi connectivity index (χ1n) is 38.5. The average molecular weight is 1260 g/mol. The number of carbonyl (C=O) groups is 1. The predicted octanol–water partition coefficient (Wildman–Crippen LogP) is 19.5. The number of nitrogens with one attached hydrogen (secondary N) is 1. The molecule has 0 radical (unpaired) electrons. The number of carbonyl (C=O) groups excluding carboxylic acids is 1. The summed E-state index contributed by atoms with van der Waals surface area (Å²) in [5, 5.41) is 76.6. The SMILES string of the molecule is CCCCCCCCCCC/C=C\C/C=C\CCCCCCCCCCCCCCCCCCC(O)C(=O)NC(COC1OC(CO)C(O)C(O)C1O)C(O)C(O)CCC/C=C/CC/C=C/CCCCCCCCCCCCCCCCCCCCCCC. The maximum absolute atomic E-state index is 13.3. The second-order valence-electron chi connectivity index (χ2n) is 27.1. The van der Waals surface area contributed by atoms with Crippen molar-refractivity contribution >= 4 is 5.91 Å². The van der Waals surface area contributed by atoms with E-state index in [1.807, 2.05) is 0 Å². The summed E-state index contributed by atoms with van der Waals surface area (Å²) in [6, 6.07) is -1.19. The molecule has 0 aromatic rings. The maximum atomic E-state index is 13.3. The van der Waals surface area contributed by atoms with Crippen LogP contribution in [0, 0.1) is 0 Å². The van der Waals surface area contributed by atoms with Crippen molar-refractivity contribution in [3.8, 4) is 0 Å². The fourth-order valence-corrected chi connectivity index (χ4v) is 12.4. The maximum Gasteiger partial charge on any atom is 0.249 e. The Morgan fingerprint density at radius 2 is 0.708 bits per heavy atom. The van der Waals surface area contributed by atoms with Gasteiger partial charge in [-0.2, -0.15) is 0 Å². The van der Waals surface area contributed by atoms with Crippen LogP contribution in [0.3, 0.4) is 0 Å². The van der Waals surface area contributed by atoms with E-state index in [2.05, 4.69) is 67.8 Å². The van der Waals surface area contributed by atoms with Gasteiger partial charge >= 0.3 is 0 Å². The van der Waals surface area contributed by atoms with Crippen molar-refractivity contribution in [2.75, 3.05) is 13.2 Å². The normalized spacial score (nSPS) is 18.8. The molecule has 1 aliphatic rings. The Morgan fingerprint density at radius 1 is 0.393 bits per heavy atom. The molecule has 0 saturated carbocycles. The molecule has 0 bridgehead atoms. The van der Waals surface area contributed by atoms with E-state index in [0.717, 1.165) is 44.9 Å². The number of hydrogen-bond acceptors (Lipinski definition) is 10. The Morgan fingerprint density at radius 3 is 1.07 bits per heavy atom. The standard InChI is InChI=1S/C78H147NO10/c1-3-5-7-9-11-13-15-17-19-21-23-25-27-29-31-33-35-36-38-40-42-44-46-48-50-52-54-56-58-60-62-64-66-71(82)77(87)79-69(68-88-78-76(86)75(85)74(84)72(67-80)89-78)73(83)70(81)65-63-61-59-57-55-53-51-49-47-45-43-41-39-37-34-32-30-28-26-24-22-20-18-16-14-12-10-8-6-4-2/h23,25,29,31,49,51,57,59,69-76,78,80-86H,3-22,24,26-28,30,32-48,50,52-56,58,60-68H2,1-2H3,(H,79,87)/b25-23-,31-29-,51-49+,59-57+. The van der Waals surface area contributed by atoms with E-state index in [-0.39, 0.29) is 12.8 Å². The number of hydrogen-bond donors (Lipinski definition) is 8. The molecule has 9 unspecified atom stereocenters. The zero-order chi connectivity index (χ0) is 64.6. The summed E-state index contributed by atoms with van der Waals surface area (Å²) in [7, 11) is 0. The molecule has 11 nitrogen and oxygen atoms in total. The lowest BCUT2D eigenvalue weighted by Gasteiger charge is -2.40. The van der Waals surface area contributed by atoms with Crippen LogP contribution >= 0.6 is 0 Å². The number of ether oxygens (including phenoxy) is 2. The van der Waals surface area contributed by atoms with Crippen LogP contribution in [0.25, 0.3) is 0 Å². The Labute approximate surface area is 549 Å². The molecule has 1 rings (SSSR count). The van der Waals surface area contributed by atoms with Crippen molar-refractivity contribution in [1.29, 1.82) is 0 Å². The van der Waals surface area contributed by atoms with Crippen LogP contribution in [0.1, 0.15) is 373 Å². The van der Waals surface area contributed by atoms with E-state index < -0.39 is 74.2 Å². The Bertz CT molecular complexity index is 1590. The van der Waals surface area contributed by atoms with E-state index in [0.29, 0.717) is 19.3 Å². The van der Waals surface area contributed by atoms with Crippen LogP contribution in [0.5, 0.6) is 0 Å². The molecule has 1 fully saturated rings. The Hall–Kier alpha value is -1.93. The average Bonchev–Trinajstić information content (AvgIpc) is 3.68. The fraction of sp³-hybridized carbons (Fsp3) is 0.885. The second-order valence-corrected chi connectivity index (χ2v) is 27.1. The molecule has 1 heterocycles. The van der Waals surface area contributed by atoms with Crippen LogP contribution in [-0.4, -0.2) is 110 Å². The van der Waals surface area contributed by atoms with Gasteiger partial charge in [-0.15, -0.1) is 0 Å². The van der Waals surface area contributed by atoms with Gasteiger partial charge in [-0.3, -0.25) is 4.79 Å². The zero-order valence-corrected chi connectivity index (χ0v) is 58.2. The molecule has 1 aliphatic heterocycles.